The van der Waals surface area contributed by atoms with Crippen LogP contribution in [0.5, 0.6) is 0 Å². The van der Waals surface area contributed by atoms with E-state index in [1.807, 2.05) is 0 Å². The van der Waals surface area contributed by atoms with Crippen molar-refractivity contribution >= 4 is 11.9 Å². The molecule has 0 bridgehead atoms. The summed E-state index contributed by atoms with van der Waals surface area (Å²) in [5.41, 5.74) is 0. The minimum atomic E-state index is -0.501. The molecule has 0 aliphatic rings. The van der Waals surface area contributed by atoms with Crippen molar-refractivity contribution in [1.29, 1.82) is 0 Å². The van der Waals surface area contributed by atoms with Gasteiger partial charge in [-0.15, -0.1) is 0 Å². The van der Waals surface area contributed by atoms with Gasteiger partial charge in [0, 0.05) is 12.2 Å². The second-order valence-corrected chi connectivity index (χ2v) is 7.77. The first kappa shape index (κ1) is 31.6. The fraction of sp³-hybridized carbons (Fsp3) is 0.769. The highest BCUT2D eigenvalue weighted by atomic mass is 16.5. The van der Waals surface area contributed by atoms with Crippen molar-refractivity contribution in [3.63, 3.8) is 0 Å². The topological polar surface area (TPSA) is 72.8 Å². The van der Waals surface area contributed by atoms with E-state index in [1.165, 1.54) is 102 Å². The molecule has 31 heavy (non-hydrogen) atoms. The number of hydrogen-bond acceptors (Lipinski definition) is 5. The standard InChI is InChI=1S/C21H40O2.C5H8O3/c1-3-5-6-7-8-9-10-11-12-13-14-15-16-17-18-19-20-23-21(22)4-2;1-2-5(7)8-4-3-6/h4H,2-3,5-20H2,1H3;2,6H,1,3-4H2. The lowest BCUT2D eigenvalue weighted by Crippen LogP contribution is -2.04. The first-order valence-corrected chi connectivity index (χ1v) is 12.3. The van der Waals surface area contributed by atoms with E-state index in [-0.39, 0.29) is 19.2 Å². The second-order valence-electron chi connectivity index (χ2n) is 7.77. The van der Waals surface area contributed by atoms with E-state index < -0.39 is 5.97 Å². The van der Waals surface area contributed by atoms with Crippen molar-refractivity contribution in [2.24, 2.45) is 0 Å². The Morgan fingerprint density at radius 3 is 1.26 bits per heavy atom. The van der Waals surface area contributed by atoms with Crippen LogP contribution in [0.25, 0.3) is 0 Å². The maximum atomic E-state index is 10.8. The van der Waals surface area contributed by atoms with Crippen LogP contribution in [0.15, 0.2) is 25.3 Å². The van der Waals surface area contributed by atoms with E-state index in [0.29, 0.717) is 6.61 Å². The van der Waals surface area contributed by atoms with Crippen LogP contribution in [0, 0.1) is 0 Å². The van der Waals surface area contributed by atoms with E-state index in [9.17, 15) is 9.59 Å². The van der Waals surface area contributed by atoms with E-state index in [2.05, 4.69) is 24.8 Å². The maximum Gasteiger partial charge on any atom is 0.330 e. The zero-order valence-corrected chi connectivity index (χ0v) is 20.1. The van der Waals surface area contributed by atoms with Gasteiger partial charge in [0.2, 0.25) is 0 Å². The first-order chi connectivity index (χ1) is 15.1. The van der Waals surface area contributed by atoms with Gasteiger partial charge in [-0.25, -0.2) is 9.59 Å². The molecule has 0 saturated heterocycles. The Morgan fingerprint density at radius 1 is 0.613 bits per heavy atom. The Morgan fingerprint density at radius 2 is 0.935 bits per heavy atom. The van der Waals surface area contributed by atoms with Crippen LogP contribution in [0.3, 0.4) is 0 Å². The SMILES string of the molecule is C=CC(=O)OCCCCCCCCCCCCCCCCCC.C=CC(=O)OCCO. The van der Waals surface area contributed by atoms with Gasteiger partial charge in [-0.2, -0.15) is 0 Å². The number of unbranched alkanes of at least 4 members (excludes halogenated alkanes) is 15. The molecule has 0 heterocycles. The summed E-state index contributed by atoms with van der Waals surface area (Å²) in [6, 6.07) is 0. The minimum Gasteiger partial charge on any atom is -0.463 e. The molecule has 0 rings (SSSR count). The highest BCUT2D eigenvalue weighted by molar-refractivity contribution is 5.81. The summed E-state index contributed by atoms with van der Waals surface area (Å²) in [4.78, 5) is 21.0. The summed E-state index contributed by atoms with van der Waals surface area (Å²) in [6.45, 7) is 9.27. The Kier molecular flexibility index (Phi) is 28.9. The molecular formula is C26H48O5. The van der Waals surface area contributed by atoms with Crippen LogP contribution >= 0.6 is 0 Å². The molecule has 0 saturated carbocycles. The van der Waals surface area contributed by atoms with Crippen molar-refractivity contribution in [2.75, 3.05) is 19.8 Å². The summed E-state index contributed by atoms with van der Waals surface area (Å²) < 4.78 is 9.29. The number of aliphatic hydroxyl groups is 1. The van der Waals surface area contributed by atoms with Crippen LogP contribution in [0.1, 0.15) is 110 Å². The minimum absolute atomic E-state index is 0.0465. The largest absolute Gasteiger partial charge is 0.463 e. The normalized spacial score (nSPS) is 10.0. The summed E-state index contributed by atoms with van der Waals surface area (Å²) in [5.74, 6) is -0.801. The average molecular weight is 441 g/mol. The third-order valence-corrected chi connectivity index (χ3v) is 4.91. The Balaban J connectivity index is 0. The van der Waals surface area contributed by atoms with Crippen LogP contribution in [0.2, 0.25) is 0 Å². The molecule has 182 valence electrons. The summed E-state index contributed by atoms with van der Waals surface area (Å²) in [7, 11) is 0. The smallest absolute Gasteiger partial charge is 0.330 e. The van der Waals surface area contributed by atoms with Gasteiger partial charge in [0.25, 0.3) is 0 Å². The van der Waals surface area contributed by atoms with Gasteiger partial charge in [-0.05, 0) is 6.42 Å². The zero-order chi connectivity index (χ0) is 23.4. The van der Waals surface area contributed by atoms with Crippen molar-refractivity contribution in [2.45, 2.75) is 110 Å². The first-order valence-electron chi connectivity index (χ1n) is 12.3. The van der Waals surface area contributed by atoms with Crippen LogP contribution in [-0.4, -0.2) is 36.9 Å². The molecule has 0 amide bonds. The summed E-state index contributed by atoms with van der Waals surface area (Å²) in [5, 5.41) is 8.10. The lowest BCUT2D eigenvalue weighted by Gasteiger charge is -2.04. The van der Waals surface area contributed by atoms with Gasteiger partial charge in [0.1, 0.15) is 6.61 Å². The third kappa shape index (κ3) is 30.7. The molecule has 0 aromatic carbocycles. The van der Waals surface area contributed by atoms with Gasteiger partial charge in [-0.3, -0.25) is 0 Å². The molecule has 0 spiro atoms. The molecule has 5 heteroatoms. The number of rotatable bonds is 21. The van der Waals surface area contributed by atoms with E-state index in [0.717, 1.165) is 12.5 Å². The predicted molar refractivity (Wildman–Crippen MR) is 129 cm³/mol. The van der Waals surface area contributed by atoms with E-state index >= 15 is 0 Å². The average Bonchev–Trinajstić information content (AvgIpc) is 2.79. The van der Waals surface area contributed by atoms with Crippen molar-refractivity contribution in [3.05, 3.63) is 25.3 Å². The van der Waals surface area contributed by atoms with Gasteiger partial charge in [0.15, 0.2) is 0 Å². The Labute approximate surface area is 191 Å². The maximum absolute atomic E-state index is 10.8. The molecular weight excluding hydrogens is 392 g/mol. The van der Waals surface area contributed by atoms with Gasteiger partial charge in [0.05, 0.1) is 13.2 Å². The molecule has 0 unspecified atom stereocenters. The number of ether oxygens (including phenoxy) is 2. The number of carbonyl (C=O) groups excluding carboxylic acids is 2. The fourth-order valence-electron chi connectivity index (χ4n) is 3.09. The summed E-state index contributed by atoms with van der Waals surface area (Å²) in [6.07, 6.45) is 24.0. The third-order valence-electron chi connectivity index (χ3n) is 4.91. The second kappa shape index (κ2) is 28.4. The molecule has 5 nitrogen and oxygen atoms in total. The Bertz CT molecular complexity index is 420. The molecule has 0 atom stereocenters. The molecule has 0 aliphatic carbocycles. The highest BCUT2D eigenvalue weighted by Gasteiger charge is 1.96. The van der Waals surface area contributed by atoms with Crippen molar-refractivity contribution < 1.29 is 24.2 Å². The molecule has 0 aliphatic heterocycles. The van der Waals surface area contributed by atoms with Crippen LogP contribution in [0.4, 0.5) is 0 Å². The lowest BCUT2D eigenvalue weighted by molar-refractivity contribution is -0.139. The van der Waals surface area contributed by atoms with Crippen molar-refractivity contribution in [3.8, 4) is 0 Å². The number of hydrogen-bond donors (Lipinski definition) is 1. The number of carbonyl (C=O) groups is 2. The van der Waals surface area contributed by atoms with Crippen molar-refractivity contribution in [1.82, 2.24) is 0 Å². The molecule has 0 radical (unpaired) electrons. The van der Waals surface area contributed by atoms with Gasteiger partial charge in [-0.1, -0.05) is 116 Å². The fourth-order valence-corrected chi connectivity index (χ4v) is 3.09. The van der Waals surface area contributed by atoms with E-state index in [1.54, 1.807) is 0 Å². The lowest BCUT2D eigenvalue weighted by atomic mass is 10.0. The van der Waals surface area contributed by atoms with Gasteiger partial charge >= 0.3 is 11.9 Å². The quantitative estimate of drug-likeness (QED) is 0.122. The molecule has 1 N–H and O–H groups in total. The van der Waals surface area contributed by atoms with E-state index in [4.69, 9.17) is 9.84 Å². The molecule has 0 aromatic heterocycles. The van der Waals surface area contributed by atoms with Gasteiger partial charge < -0.3 is 14.6 Å². The predicted octanol–water partition coefficient (Wildman–Crippen LogP) is 6.69. The molecule has 0 aromatic rings. The zero-order valence-electron chi connectivity index (χ0n) is 20.1. The number of esters is 2. The highest BCUT2D eigenvalue weighted by Crippen LogP contribution is 2.13. The Hall–Kier alpha value is -1.62. The van der Waals surface area contributed by atoms with Crippen LogP contribution in [-0.2, 0) is 19.1 Å². The summed E-state index contributed by atoms with van der Waals surface area (Å²) >= 11 is 0. The number of aliphatic hydroxyl groups excluding tert-OH is 1. The molecule has 0 fully saturated rings. The van der Waals surface area contributed by atoms with Crippen LogP contribution < -0.4 is 0 Å². The monoisotopic (exact) mass is 440 g/mol.